The number of fused-ring (bicyclic) bond motifs is 1. The second-order valence-electron chi connectivity index (χ2n) is 2.77. The Balaban J connectivity index is 2.86. The summed E-state index contributed by atoms with van der Waals surface area (Å²) in [6.07, 6.45) is 1.92. The molecule has 0 unspecified atom stereocenters. The van der Waals surface area contributed by atoms with E-state index in [4.69, 9.17) is 7.85 Å². The van der Waals surface area contributed by atoms with Crippen molar-refractivity contribution in [3.63, 3.8) is 0 Å². The van der Waals surface area contributed by atoms with Crippen molar-refractivity contribution in [2.45, 2.75) is 6.92 Å². The van der Waals surface area contributed by atoms with Crippen LogP contribution in [0.4, 0.5) is 0 Å². The molecular formula is C9H8BN. The number of benzene rings is 1. The number of aromatic amines is 1. The Hall–Kier alpha value is -1.18. The Morgan fingerprint density at radius 1 is 1.36 bits per heavy atom. The van der Waals surface area contributed by atoms with Gasteiger partial charge in [0.15, 0.2) is 0 Å². The average molecular weight is 141 g/mol. The molecule has 0 saturated heterocycles. The van der Waals surface area contributed by atoms with E-state index < -0.39 is 0 Å². The number of H-pyrrole nitrogens is 1. The van der Waals surface area contributed by atoms with E-state index >= 15 is 0 Å². The minimum atomic E-state index is 0.847. The molecule has 2 rings (SSSR count). The molecule has 0 bridgehead atoms. The third-order valence-electron chi connectivity index (χ3n) is 1.94. The van der Waals surface area contributed by atoms with Gasteiger partial charge >= 0.3 is 0 Å². The van der Waals surface area contributed by atoms with Gasteiger partial charge in [-0.1, -0.05) is 17.1 Å². The lowest BCUT2D eigenvalue weighted by Gasteiger charge is -1.98. The molecule has 0 spiro atoms. The zero-order valence-electron chi connectivity index (χ0n) is 6.39. The summed E-state index contributed by atoms with van der Waals surface area (Å²) in [6.45, 7) is 2.02. The molecule has 0 atom stereocenters. The average Bonchev–Trinajstić information content (AvgIpc) is 2.36. The maximum Gasteiger partial charge on any atom is 0.114 e. The van der Waals surface area contributed by atoms with E-state index in [1.54, 1.807) is 0 Å². The first-order valence-electron chi connectivity index (χ1n) is 3.60. The van der Waals surface area contributed by atoms with E-state index in [1.807, 2.05) is 25.3 Å². The van der Waals surface area contributed by atoms with Crippen molar-refractivity contribution in [1.82, 2.24) is 4.98 Å². The maximum absolute atomic E-state index is 5.73. The van der Waals surface area contributed by atoms with Gasteiger partial charge in [-0.25, -0.2) is 0 Å². The van der Waals surface area contributed by atoms with E-state index in [0.29, 0.717) is 0 Å². The summed E-state index contributed by atoms with van der Waals surface area (Å²) in [5, 5.41) is 1.22. The summed E-state index contributed by atoms with van der Waals surface area (Å²) in [4.78, 5) is 3.11. The molecule has 2 radical (unpaired) electrons. The SMILES string of the molecule is [B]c1cc2[nH]ccc2cc1C. The second kappa shape index (κ2) is 2.16. The van der Waals surface area contributed by atoms with E-state index in [1.165, 1.54) is 5.39 Å². The van der Waals surface area contributed by atoms with Crippen LogP contribution in [-0.2, 0) is 0 Å². The topological polar surface area (TPSA) is 15.8 Å². The van der Waals surface area contributed by atoms with Crippen LogP contribution in [0.15, 0.2) is 24.4 Å². The standard InChI is InChI=1S/C9H8BN/c1-6-4-7-2-3-11-9(7)5-8(6)10/h2-5,11H,1H3. The second-order valence-corrected chi connectivity index (χ2v) is 2.77. The van der Waals surface area contributed by atoms with Gasteiger partial charge in [-0.2, -0.15) is 0 Å². The Kier molecular flexibility index (Phi) is 1.28. The number of hydrogen-bond acceptors (Lipinski definition) is 0. The van der Waals surface area contributed by atoms with E-state index in [-0.39, 0.29) is 0 Å². The highest BCUT2D eigenvalue weighted by Crippen LogP contribution is 2.11. The molecular weight excluding hydrogens is 133 g/mol. The van der Waals surface area contributed by atoms with Gasteiger partial charge in [0.1, 0.15) is 7.85 Å². The Morgan fingerprint density at radius 3 is 3.00 bits per heavy atom. The van der Waals surface area contributed by atoms with Crippen LogP contribution in [0, 0.1) is 6.92 Å². The lowest BCUT2D eigenvalue weighted by Crippen LogP contribution is -2.05. The van der Waals surface area contributed by atoms with Crippen LogP contribution in [0.25, 0.3) is 10.9 Å². The molecule has 2 aromatic rings. The van der Waals surface area contributed by atoms with Gasteiger partial charge in [0, 0.05) is 11.7 Å². The minimum Gasteiger partial charge on any atom is -0.361 e. The number of hydrogen-bond donors (Lipinski definition) is 1. The fourth-order valence-corrected chi connectivity index (χ4v) is 1.23. The van der Waals surface area contributed by atoms with Gasteiger partial charge in [-0.05, 0) is 24.4 Å². The highest BCUT2D eigenvalue weighted by Gasteiger charge is 1.96. The fourth-order valence-electron chi connectivity index (χ4n) is 1.23. The van der Waals surface area contributed by atoms with Crippen molar-refractivity contribution in [2.24, 2.45) is 0 Å². The van der Waals surface area contributed by atoms with Crippen molar-refractivity contribution in [1.29, 1.82) is 0 Å². The molecule has 0 saturated carbocycles. The van der Waals surface area contributed by atoms with Crippen LogP contribution in [0.5, 0.6) is 0 Å². The molecule has 1 aromatic heterocycles. The summed E-state index contributed by atoms with van der Waals surface area (Å²) in [5.41, 5.74) is 3.09. The first-order chi connectivity index (χ1) is 5.27. The smallest absolute Gasteiger partial charge is 0.114 e. The molecule has 11 heavy (non-hydrogen) atoms. The van der Waals surface area contributed by atoms with E-state index in [9.17, 15) is 0 Å². The van der Waals surface area contributed by atoms with Crippen LogP contribution in [0.3, 0.4) is 0 Å². The lowest BCUT2D eigenvalue weighted by molar-refractivity contribution is 1.47. The van der Waals surface area contributed by atoms with Gasteiger partial charge in [-0.15, -0.1) is 0 Å². The van der Waals surface area contributed by atoms with Crippen LogP contribution < -0.4 is 5.46 Å². The molecule has 0 amide bonds. The highest BCUT2D eigenvalue weighted by molar-refractivity contribution is 6.34. The van der Waals surface area contributed by atoms with Crippen molar-refractivity contribution in [3.05, 3.63) is 30.0 Å². The lowest BCUT2D eigenvalue weighted by atomic mass is 9.90. The monoisotopic (exact) mass is 141 g/mol. The van der Waals surface area contributed by atoms with Gasteiger partial charge < -0.3 is 4.98 Å². The third kappa shape index (κ3) is 0.948. The number of rotatable bonds is 0. The highest BCUT2D eigenvalue weighted by atomic mass is 14.7. The predicted octanol–water partition coefficient (Wildman–Crippen LogP) is 1.27. The summed E-state index contributed by atoms with van der Waals surface area (Å²) in [7, 11) is 5.73. The molecule has 52 valence electrons. The van der Waals surface area contributed by atoms with Gasteiger partial charge in [0.05, 0.1) is 0 Å². The maximum atomic E-state index is 5.73. The molecule has 1 aromatic carbocycles. The predicted molar refractivity (Wildman–Crippen MR) is 48.4 cm³/mol. The normalized spacial score (nSPS) is 10.6. The summed E-state index contributed by atoms with van der Waals surface area (Å²) in [6, 6.07) is 6.09. The fraction of sp³-hybridized carbons (Fsp3) is 0.111. The number of aromatic nitrogens is 1. The molecule has 2 heteroatoms. The quantitative estimate of drug-likeness (QED) is 0.531. The zero-order valence-corrected chi connectivity index (χ0v) is 6.39. The first kappa shape index (κ1) is 6.53. The van der Waals surface area contributed by atoms with Crippen molar-refractivity contribution in [3.8, 4) is 0 Å². The van der Waals surface area contributed by atoms with Crippen LogP contribution in [0.1, 0.15) is 5.56 Å². The molecule has 1 nitrogen and oxygen atoms in total. The number of nitrogens with one attached hydrogen (secondary N) is 1. The van der Waals surface area contributed by atoms with E-state index in [2.05, 4.69) is 11.1 Å². The zero-order chi connectivity index (χ0) is 7.84. The molecule has 0 aliphatic heterocycles. The van der Waals surface area contributed by atoms with Gasteiger partial charge in [0.25, 0.3) is 0 Å². The van der Waals surface area contributed by atoms with Gasteiger partial charge in [-0.3, -0.25) is 0 Å². The Bertz CT molecular complexity index is 353. The Labute approximate surface area is 66.8 Å². The van der Waals surface area contributed by atoms with Crippen molar-refractivity contribution in [2.75, 3.05) is 0 Å². The number of aryl methyl sites for hydroxylation is 1. The van der Waals surface area contributed by atoms with Crippen LogP contribution in [0.2, 0.25) is 0 Å². The summed E-state index contributed by atoms with van der Waals surface area (Å²) < 4.78 is 0. The molecule has 0 aliphatic rings. The van der Waals surface area contributed by atoms with Gasteiger partial charge in [0.2, 0.25) is 0 Å². The first-order valence-corrected chi connectivity index (χ1v) is 3.60. The van der Waals surface area contributed by atoms with E-state index in [0.717, 1.165) is 16.5 Å². The third-order valence-corrected chi connectivity index (χ3v) is 1.94. The Morgan fingerprint density at radius 2 is 2.18 bits per heavy atom. The summed E-state index contributed by atoms with van der Waals surface area (Å²) in [5.74, 6) is 0. The largest absolute Gasteiger partial charge is 0.361 e. The molecule has 1 N–H and O–H groups in total. The van der Waals surface area contributed by atoms with Crippen LogP contribution in [-0.4, -0.2) is 12.8 Å². The molecule has 0 fully saturated rings. The van der Waals surface area contributed by atoms with Crippen molar-refractivity contribution < 1.29 is 0 Å². The van der Waals surface area contributed by atoms with Crippen molar-refractivity contribution >= 4 is 24.2 Å². The van der Waals surface area contributed by atoms with Crippen LogP contribution >= 0.6 is 0 Å². The molecule has 0 aliphatic carbocycles. The minimum absolute atomic E-state index is 0.847. The summed E-state index contributed by atoms with van der Waals surface area (Å²) >= 11 is 0. The molecule has 1 heterocycles.